The van der Waals surface area contributed by atoms with Gasteiger partial charge < -0.3 is 4.74 Å². The van der Waals surface area contributed by atoms with Crippen LogP contribution in [0.25, 0.3) is 0 Å². The molecule has 3 aliphatic carbocycles. The highest BCUT2D eigenvalue weighted by Crippen LogP contribution is 2.54. The van der Waals surface area contributed by atoms with Crippen LogP contribution in [0.3, 0.4) is 0 Å². The molecule has 3 aliphatic rings. The second-order valence-corrected chi connectivity index (χ2v) is 5.29. The summed E-state index contributed by atoms with van der Waals surface area (Å²) in [5.74, 6) is 1.36. The van der Waals surface area contributed by atoms with Gasteiger partial charge >= 0.3 is 5.97 Å². The third-order valence-electron chi connectivity index (χ3n) is 4.42. The fourth-order valence-electron chi connectivity index (χ4n) is 3.40. The molecule has 4 rings (SSSR count). The summed E-state index contributed by atoms with van der Waals surface area (Å²) in [4.78, 5) is 23.6. The molecule has 1 unspecified atom stereocenters. The quantitative estimate of drug-likeness (QED) is 0.606. The Labute approximate surface area is 106 Å². The van der Waals surface area contributed by atoms with Crippen molar-refractivity contribution in [2.75, 3.05) is 7.11 Å². The number of carbonyl (C=O) groups excluding carboxylic acids is 2. The van der Waals surface area contributed by atoms with Crippen LogP contribution in [-0.4, -0.2) is 18.9 Å². The predicted molar refractivity (Wildman–Crippen MR) is 66.4 cm³/mol. The van der Waals surface area contributed by atoms with Crippen molar-refractivity contribution in [3.05, 3.63) is 35.4 Å². The van der Waals surface area contributed by atoms with E-state index in [0.717, 1.165) is 5.56 Å². The highest BCUT2D eigenvalue weighted by molar-refractivity contribution is 6.00. The highest BCUT2D eigenvalue weighted by Gasteiger charge is 2.50. The van der Waals surface area contributed by atoms with Crippen LogP contribution in [0.5, 0.6) is 0 Å². The molecule has 0 aliphatic heterocycles. The summed E-state index contributed by atoms with van der Waals surface area (Å²) >= 11 is 0. The van der Waals surface area contributed by atoms with Crippen LogP contribution >= 0.6 is 0 Å². The molecule has 3 saturated carbocycles. The number of fused-ring (bicyclic) bond motifs is 1. The van der Waals surface area contributed by atoms with Crippen molar-refractivity contribution >= 4 is 11.8 Å². The first kappa shape index (κ1) is 11.5. The van der Waals surface area contributed by atoms with Gasteiger partial charge in [0.25, 0.3) is 0 Å². The average Bonchev–Trinajstić information content (AvgIpc) is 3.01. The maximum atomic E-state index is 12.3. The summed E-state index contributed by atoms with van der Waals surface area (Å²) < 4.78 is 4.64. The van der Waals surface area contributed by atoms with Crippen molar-refractivity contribution in [2.24, 2.45) is 17.8 Å². The normalized spacial score (nSPS) is 28.6. The number of ketones is 1. The summed E-state index contributed by atoms with van der Waals surface area (Å²) in [6.45, 7) is 0. The van der Waals surface area contributed by atoms with E-state index in [4.69, 9.17) is 0 Å². The topological polar surface area (TPSA) is 43.4 Å². The van der Waals surface area contributed by atoms with E-state index in [-0.39, 0.29) is 17.7 Å². The van der Waals surface area contributed by atoms with Gasteiger partial charge in [-0.2, -0.15) is 0 Å². The van der Waals surface area contributed by atoms with Gasteiger partial charge in [0.2, 0.25) is 0 Å². The van der Waals surface area contributed by atoms with Crippen molar-refractivity contribution in [3.8, 4) is 0 Å². The van der Waals surface area contributed by atoms with Gasteiger partial charge in [0.15, 0.2) is 5.78 Å². The van der Waals surface area contributed by atoms with Crippen molar-refractivity contribution < 1.29 is 14.3 Å². The standard InChI is InChI=1S/C15H16O3/c1-18-15(17)10-4-2-9(3-5-10)14(16)13-11-6-7-12(13)8-11/h2-5,11-13H,6-8H2,1H3/t11-,12+,13?. The van der Waals surface area contributed by atoms with E-state index in [1.165, 1.54) is 26.4 Å². The van der Waals surface area contributed by atoms with Crippen LogP contribution in [0.2, 0.25) is 0 Å². The average molecular weight is 244 g/mol. The first-order valence-electron chi connectivity index (χ1n) is 6.43. The van der Waals surface area contributed by atoms with Gasteiger partial charge in [-0.25, -0.2) is 4.79 Å². The second kappa shape index (κ2) is 4.23. The molecular weight excluding hydrogens is 228 g/mol. The fourth-order valence-corrected chi connectivity index (χ4v) is 3.40. The number of ether oxygens (including phenoxy) is 1. The van der Waals surface area contributed by atoms with Gasteiger partial charge in [-0.3, -0.25) is 4.79 Å². The largest absolute Gasteiger partial charge is 0.465 e. The van der Waals surface area contributed by atoms with Crippen LogP contribution in [0.4, 0.5) is 0 Å². The number of esters is 1. The van der Waals surface area contributed by atoms with Crippen LogP contribution in [0.1, 0.15) is 40.0 Å². The number of benzene rings is 1. The summed E-state index contributed by atoms with van der Waals surface area (Å²) in [5.41, 5.74) is 1.22. The minimum absolute atomic E-state index is 0.244. The summed E-state index contributed by atoms with van der Waals surface area (Å²) in [6.07, 6.45) is 3.65. The maximum Gasteiger partial charge on any atom is 0.337 e. The Kier molecular flexibility index (Phi) is 2.69. The first-order chi connectivity index (χ1) is 8.70. The molecule has 3 fully saturated rings. The molecule has 18 heavy (non-hydrogen) atoms. The number of hydrogen-bond acceptors (Lipinski definition) is 3. The lowest BCUT2D eigenvalue weighted by molar-refractivity contribution is 0.0599. The Balaban J connectivity index is 1.77. The number of Topliss-reactive ketones (excluding diaryl/α,β-unsaturated/α-hetero) is 1. The van der Waals surface area contributed by atoms with Crippen molar-refractivity contribution in [3.63, 3.8) is 0 Å². The van der Waals surface area contributed by atoms with Crippen molar-refractivity contribution in [2.45, 2.75) is 19.3 Å². The molecule has 0 N–H and O–H groups in total. The molecule has 3 heteroatoms. The Morgan fingerprint density at radius 1 is 1.06 bits per heavy atom. The molecule has 0 amide bonds. The van der Waals surface area contributed by atoms with E-state index in [0.29, 0.717) is 17.4 Å². The predicted octanol–water partition coefficient (Wildman–Crippen LogP) is 2.70. The van der Waals surface area contributed by atoms with E-state index in [1.807, 2.05) is 0 Å². The van der Waals surface area contributed by atoms with Gasteiger partial charge in [0.05, 0.1) is 12.7 Å². The fraction of sp³-hybridized carbons (Fsp3) is 0.467. The lowest BCUT2D eigenvalue weighted by Gasteiger charge is -2.34. The summed E-state index contributed by atoms with van der Waals surface area (Å²) in [5, 5.41) is 0. The molecule has 0 spiro atoms. The van der Waals surface area contributed by atoms with Crippen LogP contribution in [0, 0.1) is 17.8 Å². The molecule has 1 aromatic rings. The molecular formula is C15H16O3. The van der Waals surface area contributed by atoms with Crippen LogP contribution in [0.15, 0.2) is 24.3 Å². The van der Waals surface area contributed by atoms with E-state index in [9.17, 15) is 9.59 Å². The molecule has 3 nitrogen and oxygen atoms in total. The lowest BCUT2D eigenvalue weighted by atomic mass is 9.69. The zero-order valence-corrected chi connectivity index (χ0v) is 10.4. The zero-order chi connectivity index (χ0) is 12.7. The van der Waals surface area contributed by atoms with E-state index in [1.54, 1.807) is 24.3 Å². The zero-order valence-electron chi connectivity index (χ0n) is 10.4. The van der Waals surface area contributed by atoms with E-state index < -0.39 is 0 Å². The first-order valence-corrected chi connectivity index (χ1v) is 6.43. The molecule has 0 radical (unpaired) electrons. The van der Waals surface area contributed by atoms with Gasteiger partial charge in [0, 0.05) is 11.5 Å². The molecule has 2 bridgehead atoms. The number of methoxy groups -OCH3 is 1. The molecule has 94 valence electrons. The van der Waals surface area contributed by atoms with E-state index >= 15 is 0 Å². The third kappa shape index (κ3) is 1.65. The monoisotopic (exact) mass is 244 g/mol. The van der Waals surface area contributed by atoms with E-state index in [2.05, 4.69) is 4.74 Å². The van der Waals surface area contributed by atoms with Crippen molar-refractivity contribution in [1.29, 1.82) is 0 Å². The van der Waals surface area contributed by atoms with Crippen LogP contribution in [-0.2, 0) is 4.74 Å². The molecule has 1 aromatic carbocycles. The Morgan fingerprint density at radius 3 is 2.11 bits per heavy atom. The Morgan fingerprint density at radius 2 is 1.61 bits per heavy atom. The number of hydrogen-bond donors (Lipinski definition) is 0. The second-order valence-electron chi connectivity index (χ2n) is 5.29. The van der Waals surface area contributed by atoms with Gasteiger partial charge in [-0.1, -0.05) is 12.1 Å². The van der Waals surface area contributed by atoms with Gasteiger partial charge in [-0.15, -0.1) is 0 Å². The van der Waals surface area contributed by atoms with Gasteiger partial charge in [0.1, 0.15) is 0 Å². The summed E-state index contributed by atoms with van der Waals surface area (Å²) in [7, 11) is 1.35. The van der Waals surface area contributed by atoms with Crippen LogP contribution < -0.4 is 0 Å². The highest BCUT2D eigenvalue weighted by atomic mass is 16.5. The number of rotatable bonds is 3. The number of carbonyl (C=O) groups is 2. The summed E-state index contributed by atoms with van der Waals surface area (Å²) in [6, 6.07) is 6.82. The molecule has 0 heterocycles. The third-order valence-corrected chi connectivity index (χ3v) is 4.42. The SMILES string of the molecule is COC(=O)c1ccc(C(=O)C2[C@@H]3CC[C@H]2C3)cc1. The smallest absolute Gasteiger partial charge is 0.337 e. The molecule has 3 atom stereocenters. The minimum atomic E-state index is -0.363. The van der Waals surface area contributed by atoms with Crippen molar-refractivity contribution in [1.82, 2.24) is 0 Å². The minimum Gasteiger partial charge on any atom is -0.465 e. The lowest BCUT2D eigenvalue weighted by Crippen LogP contribution is -2.34. The van der Waals surface area contributed by atoms with Gasteiger partial charge in [-0.05, 0) is 43.2 Å². The molecule has 0 saturated heterocycles. The molecule has 0 aromatic heterocycles. The maximum absolute atomic E-state index is 12.3. The Hall–Kier alpha value is -1.64. The Bertz CT molecular complexity index is 475.